The van der Waals surface area contributed by atoms with Crippen molar-refractivity contribution in [3.05, 3.63) is 14.0 Å². The van der Waals surface area contributed by atoms with Gasteiger partial charge in [-0.1, -0.05) is 6.92 Å². The number of hydrogen-bond acceptors (Lipinski definition) is 1. The molecule has 0 radical (unpaired) electrons. The van der Waals surface area contributed by atoms with Gasteiger partial charge in [0.2, 0.25) is 0 Å². The van der Waals surface area contributed by atoms with Crippen molar-refractivity contribution in [1.82, 2.24) is 5.32 Å². The molecule has 0 fully saturated rings. The fourth-order valence-corrected chi connectivity index (χ4v) is 0.204. The van der Waals surface area contributed by atoms with Gasteiger partial charge in [0.15, 0.2) is 0 Å². The van der Waals surface area contributed by atoms with Crippen molar-refractivity contribution in [2.75, 3.05) is 7.05 Å². The Kier molecular flexibility index (Phi) is 35.3. The van der Waals surface area contributed by atoms with E-state index in [0.717, 1.165) is 6.42 Å². The average molecular weight is 176 g/mol. The van der Waals surface area contributed by atoms with Crippen LogP contribution >= 0.6 is 0 Å². The molecule has 0 heterocycles. The van der Waals surface area contributed by atoms with Crippen LogP contribution in [-0.2, 0) is 32.7 Å². The van der Waals surface area contributed by atoms with Gasteiger partial charge in [0.25, 0.3) is 0 Å². The molecule has 1 nitrogen and oxygen atoms in total. The van der Waals surface area contributed by atoms with Crippen molar-refractivity contribution < 1.29 is 32.7 Å². The van der Waals surface area contributed by atoms with Gasteiger partial charge in [0.1, 0.15) is 0 Å². The zero-order valence-corrected chi connectivity index (χ0v) is 8.20. The molecule has 2 heteroatoms. The Morgan fingerprint density at radius 2 is 2.00 bits per heavy atom. The van der Waals surface area contributed by atoms with Crippen LogP contribution in [0.5, 0.6) is 0 Å². The molecule has 0 saturated carbocycles. The summed E-state index contributed by atoms with van der Waals surface area (Å²) in [5.41, 5.74) is 0. The monoisotopic (exact) mass is 176 g/mol. The molecule has 40 valence electrons. The largest absolute Gasteiger partial charge is 3.00 e. The molecule has 0 unspecified atom stereocenters. The first-order valence-electron chi connectivity index (χ1n) is 1.90. The standard InChI is InChI=1S/C4H10N.CH3.Y/c1-3-4-5-2;;/h4-5H,3H2,1-2H3;1H3;/q2*-1;+3. The molecule has 0 aliphatic carbocycles. The van der Waals surface area contributed by atoms with Crippen molar-refractivity contribution in [2.24, 2.45) is 0 Å². The molecule has 0 rings (SSSR count). The average Bonchev–Trinajstić information content (AvgIpc) is 1.41. The van der Waals surface area contributed by atoms with E-state index in [2.05, 4.69) is 12.2 Å². The van der Waals surface area contributed by atoms with E-state index in [9.17, 15) is 0 Å². The van der Waals surface area contributed by atoms with E-state index in [1.54, 1.807) is 0 Å². The van der Waals surface area contributed by atoms with Crippen LogP contribution in [0.15, 0.2) is 0 Å². The van der Waals surface area contributed by atoms with Gasteiger partial charge in [-0.05, 0) is 7.05 Å². The molecule has 0 aromatic heterocycles. The SMILES string of the molecule is CC[CH-]NC.[CH3-].[Y+3]. The van der Waals surface area contributed by atoms with Crippen LogP contribution in [0.2, 0.25) is 0 Å². The van der Waals surface area contributed by atoms with Crippen LogP contribution in [-0.4, -0.2) is 7.05 Å². The molecule has 0 amide bonds. The minimum atomic E-state index is 0. The van der Waals surface area contributed by atoms with Crippen LogP contribution in [0.4, 0.5) is 0 Å². The molecule has 0 aromatic rings. The minimum Gasteiger partial charge on any atom is -0.472 e. The number of nitrogens with one attached hydrogen (secondary N) is 1. The van der Waals surface area contributed by atoms with Crippen molar-refractivity contribution in [3.8, 4) is 0 Å². The third-order valence-corrected chi connectivity index (χ3v) is 0.408. The Hall–Kier alpha value is 1.06. The van der Waals surface area contributed by atoms with E-state index in [0.29, 0.717) is 0 Å². The maximum absolute atomic E-state index is 2.89. The van der Waals surface area contributed by atoms with Crippen molar-refractivity contribution in [3.63, 3.8) is 0 Å². The summed E-state index contributed by atoms with van der Waals surface area (Å²) in [5, 5.41) is 2.89. The Balaban J connectivity index is -0.0000000800. The smallest absolute Gasteiger partial charge is 0.472 e. The molecule has 0 aromatic carbocycles. The Labute approximate surface area is 72.1 Å². The second-order valence-electron chi connectivity index (χ2n) is 0.901. The molecular weight excluding hydrogens is 163 g/mol. The second kappa shape index (κ2) is 15.7. The Morgan fingerprint density at radius 1 is 1.57 bits per heavy atom. The van der Waals surface area contributed by atoms with Gasteiger partial charge < -0.3 is 12.7 Å². The van der Waals surface area contributed by atoms with Gasteiger partial charge >= 0.3 is 32.7 Å². The van der Waals surface area contributed by atoms with Crippen LogP contribution in [0.3, 0.4) is 0 Å². The molecular formula is C5H13NY+. The number of hydrogen-bond donors (Lipinski definition) is 1. The predicted molar refractivity (Wildman–Crippen MR) is 30.1 cm³/mol. The van der Waals surface area contributed by atoms with Crippen LogP contribution in [0.25, 0.3) is 0 Å². The van der Waals surface area contributed by atoms with Crippen molar-refractivity contribution in [1.29, 1.82) is 0 Å². The van der Waals surface area contributed by atoms with Crippen LogP contribution < -0.4 is 5.32 Å². The van der Waals surface area contributed by atoms with Crippen molar-refractivity contribution >= 4 is 0 Å². The van der Waals surface area contributed by atoms with Gasteiger partial charge in [-0.15, -0.1) is 0 Å². The summed E-state index contributed by atoms with van der Waals surface area (Å²) >= 11 is 0. The molecule has 0 bridgehead atoms. The first-order chi connectivity index (χ1) is 2.41. The van der Waals surface area contributed by atoms with Gasteiger partial charge in [-0.3, -0.25) is 6.54 Å². The number of rotatable bonds is 2. The van der Waals surface area contributed by atoms with Gasteiger partial charge in [0.05, 0.1) is 0 Å². The first-order valence-corrected chi connectivity index (χ1v) is 1.90. The Bertz CT molecular complexity index is 15.6. The summed E-state index contributed by atoms with van der Waals surface area (Å²) in [7, 11) is 1.91. The maximum atomic E-state index is 2.89. The molecule has 1 N–H and O–H groups in total. The normalized spacial score (nSPS) is 6.00. The van der Waals surface area contributed by atoms with E-state index < -0.39 is 0 Å². The van der Waals surface area contributed by atoms with Gasteiger partial charge in [-0.2, -0.15) is 6.42 Å². The fourth-order valence-electron chi connectivity index (χ4n) is 0.204. The fraction of sp³-hybridized carbons (Fsp3) is 0.600. The molecule has 7 heavy (non-hydrogen) atoms. The van der Waals surface area contributed by atoms with Crippen LogP contribution in [0.1, 0.15) is 13.3 Å². The molecule has 0 saturated heterocycles. The zero-order valence-electron chi connectivity index (χ0n) is 5.36. The van der Waals surface area contributed by atoms with Gasteiger partial charge in [0, 0.05) is 0 Å². The first kappa shape index (κ1) is 15.7. The van der Waals surface area contributed by atoms with E-state index in [4.69, 9.17) is 0 Å². The van der Waals surface area contributed by atoms with Gasteiger partial charge in [-0.25, -0.2) is 0 Å². The van der Waals surface area contributed by atoms with Crippen molar-refractivity contribution in [2.45, 2.75) is 13.3 Å². The maximum Gasteiger partial charge on any atom is 3.00 e. The predicted octanol–water partition coefficient (Wildman–Crippen LogP) is 1.23. The molecule has 0 spiro atoms. The van der Waals surface area contributed by atoms with E-state index in [-0.39, 0.29) is 40.1 Å². The summed E-state index contributed by atoms with van der Waals surface area (Å²) in [6, 6.07) is 0. The quantitative estimate of drug-likeness (QED) is 0.624. The summed E-state index contributed by atoms with van der Waals surface area (Å²) < 4.78 is 0. The van der Waals surface area contributed by atoms with Crippen LogP contribution in [0, 0.1) is 14.0 Å². The zero-order chi connectivity index (χ0) is 4.12. The summed E-state index contributed by atoms with van der Waals surface area (Å²) in [4.78, 5) is 0. The molecule has 0 atom stereocenters. The molecule has 0 aliphatic heterocycles. The summed E-state index contributed by atoms with van der Waals surface area (Å²) in [6.07, 6.45) is 1.11. The summed E-state index contributed by atoms with van der Waals surface area (Å²) in [5.74, 6) is 0. The minimum absolute atomic E-state index is 0. The van der Waals surface area contributed by atoms with E-state index in [1.807, 2.05) is 13.6 Å². The topological polar surface area (TPSA) is 12.0 Å². The third kappa shape index (κ3) is 19.3. The van der Waals surface area contributed by atoms with E-state index in [1.165, 1.54) is 0 Å². The summed E-state index contributed by atoms with van der Waals surface area (Å²) in [6.45, 7) is 4.09. The third-order valence-electron chi connectivity index (χ3n) is 0.408. The second-order valence-corrected chi connectivity index (χ2v) is 0.901. The Morgan fingerprint density at radius 3 is 2.00 bits per heavy atom. The molecule has 0 aliphatic rings. The van der Waals surface area contributed by atoms with E-state index >= 15 is 0 Å².